The van der Waals surface area contributed by atoms with E-state index in [2.05, 4.69) is 25.5 Å². The maximum absolute atomic E-state index is 5.34. The van der Waals surface area contributed by atoms with Crippen molar-refractivity contribution in [1.29, 1.82) is 0 Å². The number of benzene rings is 1. The van der Waals surface area contributed by atoms with Crippen molar-refractivity contribution in [2.45, 2.75) is 13.5 Å². The smallest absolute Gasteiger partial charge is 0.161 e. The zero-order chi connectivity index (χ0) is 18.2. The highest BCUT2D eigenvalue weighted by atomic mass is 16.5. The second-order valence-electron chi connectivity index (χ2n) is 5.96. The molecule has 7 nitrogen and oxygen atoms in total. The van der Waals surface area contributed by atoms with Gasteiger partial charge in [0, 0.05) is 25.7 Å². The second kappa shape index (κ2) is 9.08. The fraction of sp³-hybridized carbons (Fsp3) is 0.444. The van der Waals surface area contributed by atoms with Crippen molar-refractivity contribution in [3.8, 4) is 11.5 Å². The van der Waals surface area contributed by atoms with Crippen LogP contribution in [0.15, 0.2) is 24.3 Å². The molecule has 0 saturated carbocycles. The predicted molar refractivity (Wildman–Crippen MR) is 101 cm³/mol. The van der Waals surface area contributed by atoms with Crippen molar-refractivity contribution >= 4 is 11.6 Å². The molecule has 136 valence electrons. The van der Waals surface area contributed by atoms with Crippen molar-refractivity contribution in [3.63, 3.8) is 0 Å². The van der Waals surface area contributed by atoms with Crippen LogP contribution in [-0.2, 0) is 6.54 Å². The number of methoxy groups -OCH3 is 2. The topological polar surface area (TPSA) is 71.5 Å². The van der Waals surface area contributed by atoms with Crippen LogP contribution >= 0.6 is 0 Å². The first-order valence-corrected chi connectivity index (χ1v) is 8.21. The Kier molecular flexibility index (Phi) is 6.82. The Balaban J connectivity index is 2.01. The zero-order valence-corrected chi connectivity index (χ0v) is 15.6. The number of anilines is 2. The number of aromatic nitrogens is 2. The lowest BCUT2D eigenvalue weighted by Gasteiger charge is -2.13. The van der Waals surface area contributed by atoms with Crippen LogP contribution in [0.25, 0.3) is 0 Å². The standard InChI is InChI=1S/C18H27N5O2/c1-13-21-17(19-8-9-23(2)3)11-18(22-13)20-12-14-6-7-15(24-4)16(10-14)25-5/h6-7,10-11H,8-9,12H2,1-5H3,(H2,19,20,21,22). The van der Waals surface area contributed by atoms with E-state index in [1.54, 1.807) is 14.2 Å². The molecule has 0 aliphatic heterocycles. The molecule has 2 rings (SSSR count). The average Bonchev–Trinajstić information content (AvgIpc) is 2.59. The highest BCUT2D eigenvalue weighted by Crippen LogP contribution is 2.27. The first-order chi connectivity index (χ1) is 12.0. The molecular weight excluding hydrogens is 318 g/mol. The molecule has 0 aliphatic rings. The summed E-state index contributed by atoms with van der Waals surface area (Å²) >= 11 is 0. The van der Waals surface area contributed by atoms with Gasteiger partial charge in [0.1, 0.15) is 17.5 Å². The van der Waals surface area contributed by atoms with Gasteiger partial charge >= 0.3 is 0 Å². The van der Waals surface area contributed by atoms with Crippen molar-refractivity contribution in [3.05, 3.63) is 35.7 Å². The van der Waals surface area contributed by atoms with Crippen LogP contribution in [0.5, 0.6) is 11.5 Å². The van der Waals surface area contributed by atoms with E-state index in [-0.39, 0.29) is 0 Å². The van der Waals surface area contributed by atoms with Crippen molar-refractivity contribution in [2.24, 2.45) is 0 Å². The summed E-state index contributed by atoms with van der Waals surface area (Å²) in [6.07, 6.45) is 0. The maximum Gasteiger partial charge on any atom is 0.161 e. The number of nitrogens with one attached hydrogen (secondary N) is 2. The van der Waals surface area contributed by atoms with Gasteiger partial charge in [0.15, 0.2) is 11.5 Å². The molecule has 0 amide bonds. The van der Waals surface area contributed by atoms with Crippen LogP contribution in [0.3, 0.4) is 0 Å². The fourth-order valence-corrected chi connectivity index (χ4v) is 2.34. The predicted octanol–water partition coefficient (Wildman–Crippen LogP) is 2.39. The average molecular weight is 345 g/mol. The van der Waals surface area contributed by atoms with E-state index in [0.717, 1.165) is 41.9 Å². The van der Waals surface area contributed by atoms with Gasteiger partial charge in [-0.2, -0.15) is 0 Å². The highest BCUT2D eigenvalue weighted by Gasteiger charge is 2.06. The van der Waals surface area contributed by atoms with E-state index in [1.807, 2.05) is 45.3 Å². The van der Waals surface area contributed by atoms with E-state index < -0.39 is 0 Å². The SMILES string of the molecule is COc1ccc(CNc2cc(NCCN(C)C)nc(C)n2)cc1OC. The minimum atomic E-state index is 0.633. The summed E-state index contributed by atoms with van der Waals surface area (Å²) in [5.74, 6) is 3.77. The monoisotopic (exact) mass is 345 g/mol. The van der Waals surface area contributed by atoms with Crippen molar-refractivity contribution < 1.29 is 9.47 Å². The van der Waals surface area contributed by atoms with Gasteiger partial charge in [-0.25, -0.2) is 9.97 Å². The van der Waals surface area contributed by atoms with Gasteiger partial charge in [0.2, 0.25) is 0 Å². The molecule has 25 heavy (non-hydrogen) atoms. The fourth-order valence-electron chi connectivity index (χ4n) is 2.34. The van der Waals surface area contributed by atoms with Crippen LogP contribution in [0.2, 0.25) is 0 Å². The number of likely N-dealkylation sites (N-methyl/N-ethyl adjacent to an activating group) is 1. The van der Waals surface area contributed by atoms with Gasteiger partial charge in [0.25, 0.3) is 0 Å². The Morgan fingerprint density at radius 3 is 2.28 bits per heavy atom. The van der Waals surface area contributed by atoms with E-state index in [0.29, 0.717) is 12.3 Å². The Bertz CT molecular complexity index is 691. The minimum absolute atomic E-state index is 0.633. The first-order valence-electron chi connectivity index (χ1n) is 8.21. The van der Waals surface area contributed by atoms with Gasteiger partial charge in [-0.15, -0.1) is 0 Å². The Morgan fingerprint density at radius 2 is 1.64 bits per heavy atom. The molecule has 2 aromatic rings. The van der Waals surface area contributed by atoms with Crippen LogP contribution in [0, 0.1) is 6.92 Å². The van der Waals surface area contributed by atoms with E-state index in [9.17, 15) is 0 Å². The molecule has 2 N–H and O–H groups in total. The second-order valence-corrected chi connectivity index (χ2v) is 5.96. The molecule has 0 atom stereocenters. The number of hydrogen-bond acceptors (Lipinski definition) is 7. The van der Waals surface area contributed by atoms with E-state index in [4.69, 9.17) is 9.47 Å². The number of ether oxygens (including phenoxy) is 2. The normalized spacial score (nSPS) is 10.6. The molecule has 1 heterocycles. The van der Waals surface area contributed by atoms with Gasteiger partial charge in [-0.3, -0.25) is 0 Å². The van der Waals surface area contributed by atoms with Crippen molar-refractivity contribution in [2.75, 3.05) is 52.0 Å². The number of aryl methyl sites for hydroxylation is 1. The molecule has 0 unspecified atom stereocenters. The first kappa shape index (κ1) is 18.8. The molecule has 0 aliphatic carbocycles. The summed E-state index contributed by atoms with van der Waals surface area (Å²) in [5, 5.41) is 6.65. The van der Waals surface area contributed by atoms with Gasteiger partial charge < -0.3 is 25.0 Å². The third kappa shape index (κ3) is 5.79. The lowest BCUT2D eigenvalue weighted by atomic mass is 10.2. The molecule has 0 fully saturated rings. The molecular formula is C18H27N5O2. The molecule has 0 radical (unpaired) electrons. The lowest BCUT2D eigenvalue weighted by Crippen LogP contribution is -2.21. The van der Waals surface area contributed by atoms with E-state index in [1.165, 1.54) is 0 Å². The third-order valence-electron chi connectivity index (χ3n) is 3.62. The summed E-state index contributed by atoms with van der Waals surface area (Å²) in [7, 11) is 7.35. The summed E-state index contributed by atoms with van der Waals surface area (Å²) in [6, 6.07) is 7.77. The quantitative estimate of drug-likeness (QED) is 0.723. The number of rotatable bonds is 9. The van der Waals surface area contributed by atoms with Crippen LogP contribution < -0.4 is 20.1 Å². The summed E-state index contributed by atoms with van der Waals surface area (Å²) in [6.45, 7) is 4.29. The molecule has 0 spiro atoms. The molecule has 7 heteroatoms. The van der Waals surface area contributed by atoms with Crippen LogP contribution in [-0.4, -0.2) is 56.3 Å². The largest absolute Gasteiger partial charge is 0.493 e. The number of nitrogens with zero attached hydrogens (tertiary/aromatic N) is 3. The van der Waals surface area contributed by atoms with Gasteiger partial charge in [-0.05, 0) is 38.7 Å². The number of hydrogen-bond donors (Lipinski definition) is 2. The Hall–Kier alpha value is -2.54. The van der Waals surface area contributed by atoms with Crippen molar-refractivity contribution in [1.82, 2.24) is 14.9 Å². The van der Waals surface area contributed by atoms with Gasteiger partial charge in [0.05, 0.1) is 14.2 Å². The Labute approximate surface area is 149 Å². The Morgan fingerprint density at radius 1 is 0.960 bits per heavy atom. The van der Waals surface area contributed by atoms with Gasteiger partial charge in [-0.1, -0.05) is 6.07 Å². The molecule has 0 saturated heterocycles. The minimum Gasteiger partial charge on any atom is -0.493 e. The third-order valence-corrected chi connectivity index (χ3v) is 3.62. The van der Waals surface area contributed by atoms with Crippen LogP contribution in [0.4, 0.5) is 11.6 Å². The highest BCUT2D eigenvalue weighted by molar-refractivity contribution is 5.49. The van der Waals surface area contributed by atoms with E-state index >= 15 is 0 Å². The van der Waals surface area contributed by atoms with Crippen LogP contribution in [0.1, 0.15) is 11.4 Å². The molecule has 1 aromatic heterocycles. The lowest BCUT2D eigenvalue weighted by molar-refractivity contribution is 0.354. The summed E-state index contributed by atoms with van der Waals surface area (Å²) in [4.78, 5) is 11.0. The summed E-state index contributed by atoms with van der Waals surface area (Å²) in [5.41, 5.74) is 1.08. The molecule has 0 bridgehead atoms. The maximum atomic E-state index is 5.34. The molecule has 1 aromatic carbocycles. The zero-order valence-electron chi connectivity index (χ0n) is 15.6. The summed E-state index contributed by atoms with van der Waals surface area (Å²) < 4.78 is 10.6.